The highest BCUT2D eigenvalue weighted by Crippen LogP contribution is 2.39. The van der Waals surface area contributed by atoms with Gasteiger partial charge in [0.2, 0.25) is 0 Å². The molecule has 0 saturated carbocycles. The van der Waals surface area contributed by atoms with E-state index < -0.39 is 0 Å². The van der Waals surface area contributed by atoms with Crippen molar-refractivity contribution in [2.24, 2.45) is 0 Å². The number of piperidine rings is 1. The third kappa shape index (κ3) is 3.30. The lowest BCUT2D eigenvalue weighted by molar-refractivity contribution is 0.460. The Bertz CT molecular complexity index is 1200. The zero-order valence-corrected chi connectivity index (χ0v) is 18.9. The highest BCUT2D eigenvalue weighted by Gasteiger charge is 2.22. The largest absolute Gasteiger partial charge is 0.354 e. The van der Waals surface area contributed by atoms with E-state index >= 15 is 0 Å². The van der Waals surface area contributed by atoms with E-state index in [9.17, 15) is 0 Å². The molecule has 1 fully saturated rings. The van der Waals surface area contributed by atoms with Crippen LogP contribution in [0, 0.1) is 13.8 Å². The van der Waals surface area contributed by atoms with Crippen molar-refractivity contribution in [1.29, 1.82) is 0 Å². The summed E-state index contributed by atoms with van der Waals surface area (Å²) in [7, 11) is 0. The minimum absolute atomic E-state index is 0. The first-order valence-electron chi connectivity index (χ1n) is 10.7. The van der Waals surface area contributed by atoms with Crippen molar-refractivity contribution in [2.75, 3.05) is 13.1 Å². The van der Waals surface area contributed by atoms with E-state index in [0.717, 1.165) is 18.7 Å². The fraction of sp³-hybridized carbons (Fsp3) is 0.417. The van der Waals surface area contributed by atoms with Gasteiger partial charge in [-0.1, -0.05) is 19.9 Å². The van der Waals surface area contributed by atoms with Crippen LogP contribution in [0.25, 0.3) is 27.8 Å². The van der Waals surface area contributed by atoms with Crippen LogP contribution in [-0.2, 0) is 0 Å². The molecule has 158 valence electrons. The third-order valence-electron chi connectivity index (χ3n) is 6.65. The van der Waals surface area contributed by atoms with Crippen molar-refractivity contribution in [3.05, 3.63) is 53.0 Å². The monoisotopic (exact) mass is 423 g/mol. The van der Waals surface area contributed by atoms with E-state index in [2.05, 4.69) is 72.5 Å². The summed E-state index contributed by atoms with van der Waals surface area (Å²) in [5.74, 6) is 1.09. The van der Waals surface area contributed by atoms with Gasteiger partial charge in [-0.05, 0) is 86.0 Å². The topological polar surface area (TPSA) is 58.0 Å². The molecule has 5 rings (SSSR count). The van der Waals surface area contributed by atoms with E-state index in [1.54, 1.807) is 6.33 Å². The second-order valence-corrected chi connectivity index (χ2v) is 8.72. The molecular formula is C24H30ClN5. The SMILES string of the molecule is Cc1c(-c2[nH]c3ccc(C4CCNCC4)cc3c2C(C)C)cn2ncnc2c1C.Cl. The number of nitrogens with zero attached hydrogens (tertiary/aromatic N) is 3. The molecule has 0 unspecified atom stereocenters. The average molecular weight is 424 g/mol. The molecule has 0 radical (unpaired) electrons. The summed E-state index contributed by atoms with van der Waals surface area (Å²) in [5, 5.41) is 9.24. The first-order valence-corrected chi connectivity index (χ1v) is 10.7. The van der Waals surface area contributed by atoms with Crippen LogP contribution in [0.1, 0.15) is 60.8 Å². The van der Waals surface area contributed by atoms with E-state index in [1.807, 2.05) is 4.52 Å². The Kier molecular flexibility index (Phi) is 5.60. The molecule has 30 heavy (non-hydrogen) atoms. The maximum absolute atomic E-state index is 4.41. The van der Waals surface area contributed by atoms with Crippen molar-refractivity contribution in [3.8, 4) is 11.3 Å². The standard InChI is InChI=1S/C24H29N5.ClH/c1-14(2)22-19-11-18(17-7-9-25-10-8-17)5-6-21(19)28-23(22)20-12-29-24(26-13-27-29)16(4)15(20)3;/h5-6,11-14,17,25,28H,7-10H2,1-4H3;1H. The lowest BCUT2D eigenvalue weighted by Gasteiger charge is -2.23. The van der Waals surface area contributed by atoms with Gasteiger partial charge in [0.1, 0.15) is 6.33 Å². The minimum atomic E-state index is 0. The van der Waals surface area contributed by atoms with Crippen LogP contribution < -0.4 is 5.32 Å². The molecule has 3 aromatic heterocycles. The Balaban J connectivity index is 0.00000218. The summed E-state index contributed by atoms with van der Waals surface area (Å²) in [6, 6.07) is 7.04. The number of fused-ring (bicyclic) bond motifs is 2. The molecule has 6 heteroatoms. The van der Waals surface area contributed by atoms with Crippen molar-refractivity contribution < 1.29 is 0 Å². The van der Waals surface area contributed by atoms with Gasteiger partial charge in [-0.3, -0.25) is 0 Å². The number of hydrogen-bond donors (Lipinski definition) is 2. The maximum Gasteiger partial charge on any atom is 0.158 e. The van der Waals surface area contributed by atoms with E-state index in [4.69, 9.17) is 0 Å². The normalized spacial score (nSPS) is 15.2. The van der Waals surface area contributed by atoms with Crippen LogP contribution in [0.4, 0.5) is 0 Å². The van der Waals surface area contributed by atoms with Crippen molar-refractivity contribution >= 4 is 29.0 Å². The molecule has 0 bridgehead atoms. The van der Waals surface area contributed by atoms with Gasteiger partial charge in [-0.15, -0.1) is 12.4 Å². The molecule has 0 aliphatic carbocycles. The van der Waals surface area contributed by atoms with Gasteiger partial charge < -0.3 is 10.3 Å². The molecule has 5 nitrogen and oxygen atoms in total. The van der Waals surface area contributed by atoms with Crippen LogP contribution in [0.2, 0.25) is 0 Å². The lowest BCUT2D eigenvalue weighted by Crippen LogP contribution is -2.26. The van der Waals surface area contributed by atoms with Crippen LogP contribution in [0.5, 0.6) is 0 Å². The summed E-state index contributed by atoms with van der Waals surface area (Å²) < 4.78 is 1.90. The van der Waals surface area contributed by atoms with E-state index in [-0.39, 0.29) is 12.4 Å². The molecule has 4 heterocycles. The van der Waals surface area contributed by atoms with E-state index in [0.29, 0.717) is 11.8 Å². The predicted molar refractivity (Wildman–Crippen MR) is 126 cm³/mol. The first kappa shape index (κ1) is 20.9. The number of hydrogen-bond acceptors (Lipinski definition) is 3. The highest BCUT2D eigenvalue weighted by molar-refractivity contribution is 5.92. The molecular weight excluding hydrogens is 394 g/mol. The Morgan fingerprint density at radius 1 is 1.10 bits per heavy atom. The number of pyridine rings is 1. The molecule has 1 aromatic carbocycles. The van der Waals surface area contributed by atoms with Gasteiger partial charge >= 0.3 is 0 Å². The Morgan fingerprint density at radius 2 is 1.87 bits per heavy atom. The Hall–Kier alpha value is -2.37. The fourth-order valence-electron chi connectivity index (χ4n) is 4.91. The number of aryl methyl sites for hydroxylation is 1. The number of halogens is 1. The summed E-state index contributed by atoms with van der Waals surface area (Å²) in [5.41, 5.74) is 9.91. The second kappa shape index (κ2) is 8.05. The molecule has 1 aliphatic rings. The average Bonchev–Trinajstić information content (AvgIpc) is 3.35. The number of nitrogens with one attached hydrogen (secondary N) is 2. The van der Waals surface area contributed by atoms with Gasteiger partial charge in [-0.25, -0.2) is 9.50 Å². The lowest BCUT2D eigenvalue weighted by atomic mass is 9.88. The highest BCUT2D eigenvalue weighted by atomic mass is 35.5. The van der Waals surface area contributed by atoms with Gasteiger partial charge in [0.05, 0.1) is 5.69 Å². The van der Waals surface area contributed by atoms with Crippen molar-refractivity contribution in [3.63, 3.8) is 0 Å². The zero-order valence-electron chi connectivity index (χ0n) is 18.1. The molecule has 2 N–H and O–H groups in total. The van der Waals surface area contributed by atoms with Gasteiger partial charge in [-0.2, -0.15) is 5.10 Å². The quantitative estimate of drug-likeness (QED) is 0.457. The van der Waals surface area contributed by atoms with Gasteiger partial charge in [0.25, 0.3) is 0 Å². The molecule has 1 aliphatic heterocycles. The van der Waals surface area contributed by atoms with Crippen LogP contribution in [-0.4, -0.2) is 32.7 Å². The van der Waals surface area contributed by atoms with Crippen molar-refractivity contribution in [1.82, 2.24) is 24.9 Å². The van der Waals surface area contributed by atoms with Gasteiger partial charge in [0, 0.05) is 22.7 Å². The number of aromatic nitrogens is 4. The molecule has 4 aromatic rings. The summed E-state index contributed by atoms with van der Waals surface area (Å²) >= 11 is 0. The predicted octanol–water partition coefficient (Wildman–Crippen LogP) is 5.51. The smallest absolute Gasteiger partial charge is 0.158 e. The second-order valence-electron chi connectivity index (χ2n) is 8.72. The Morgan fingerprint density at radius 3 is 2.60 bits per heavy atom. The molecule has 0 atom stereocenters. The maximum atomic E-state index is 4.41. The van der Waals surface area contributed by atoms with Crippen LogP contribution >= 0.6 is 12.4 Å². The van der Waals surface area contributed by atoms with Crippen molar-refractivity contribution in [2.45, 2.75) is 52.4 Å². The fourth-order valence-corrected chi connectivity index (χ4v) is 4.91. The molecule has 0 spiro atoms. The first-order chi connectivity index (χ1) is 14.0. The summed E-state index contributed by atoms with van der Waals surface area (Å²) in [6.45, 7) is 11.1. The number of aromatic amines is 1. The van der Waals surface area contributed by atoms with Crippen LogP contribution in [0.3, 0.4) is 0 Å². The number of benzene rings is 1. The number of H-pyrrole nitrogens is 1. The third-order valence-corrected chi connectivity index (χ3v) is 6.65. The van der Waals surface area contributed by atoms with E-state index in [1.165, 1.54) is 57.3 Å². The molecule has 0 amide bonds. The summed E-state index contributed by atoms with van der Waals surface area (Å²) in [6.07, 6.45) is 6.20. The minimum Gasteiger partial charge on any atom is -0.354 e. The Labute approximate surface area is 183 Å². The number of rotatable bonds is 3. The summed E-state index contributed by atoms with van der Waals surface area (Å²) in [4.78, 5) is 8.16. The van der Waals surface area contributed by atoms with Gasteiger partial charge in [0.15, 0.2) is 5.65 Å². The molecule has 1 saturated heterocycles. The zero-order chi connectivity index (χ0) is 20.1. The van der Waals surface area contributed by atoms with Crippen LogP contribution in [0.15, 0.2) is 30.7 Å².